The Morgan fingerprint density at radius 1 is 1.00 bits per heavy atom. The number of rotatable bonds is 5. The van der Waals surface area contributed by atoms with E-state index in [1.54, 1.807) is 37.4 Å². The second kappa shape index (κ2) is 12.6. The quantitative estimate of drug-likeness (QED) is 0.112. The molecule has 4 aromatic heterocycles. The Labute approximate surface area is 272 Å². The van der Waals surface area contributed by atoms with E-state index in [0.29, 0.717) is 17.3 Å². The molecular weight excluding hydrogens is 588 g/mol. The monoisotopic (exact) mass is 603 g/mol. The van der Waals surface area contributed by atoms with Crippen molar-refractivity contribution >= 4 is 29.8 Å². The fourth-order valence-electron chi connectivity index (χ4n) is 3.97. The molecule has 0 aliphatic carbocycles. The summed E-state index contributed by atoms with van der Waals surface area (Å²) in [5.41, 5.74) is -2.02. The number of hydrogen-bond acceptors (Lipinski definition) is 9. The number of pyridine rings is 3. The van der Waals surface area contributed by atoms with E-state index < -0.39 is 37.5 Å². The molecule has 41 heavy (non-hydrogen) atoms. The Hall–Kier alpha value is -2.23. The van der Waals surface area contributed by atoms with Gasteiger partial charge >= 0.3 is 71.0 Å². The first-order valence-electron chi connectivity index (χ1n) is 11.1. The van der Waals surface area contributed by atoms with Crippen LogP contribution in [0.15, 0.2) is 70.5 Å². The van der Waals surface area contributed by atoms with Crippen molar-refractivity contribution in [2.24, 2.45) is 0 Å². The SMILES string of the molecule is Cc1ccc(-c2ccc3ncc4c(=O)n(COP(=O)([O-])[O-])c(=O)n(-c5cccc(C(F)(F)F)c5)c4c3n2)cn1.[Na+].[Na+]. The molecule has 0 aliphatic heterocycles. The Bertz CT molecular complexity index is 1930. The number of benzene rings is 1. The van der Waals surface area contributed by atoms with Crippen LogP contribution in [0.3, 0.4) is 0 Å². The van der Waals surface area contributed by atoms with Gasteiger partial charge in [0.15, 0.2) is 0 Å². The van der Waals surface area contributed by atoms with Gasteiger partial charge in [-0.1, -0.05) is 6.07 Å². The van der Waals surface area contributed by atoms with Gasteiger partial charge in [-0.3, -0.25) is 19.3 Å². The van der Waals surface area contributed by atoms with Crippen molar-refractivity contribution in [3.05, 3.63) is 93.0 Å². The summed E-state index contributed by atoms with van der Waals surface area (Å²) < 4.78 is 56.8. The van der Waals surface area contributed by atoms with Gasteiger partial charge in [0.2, 0.25) is 0 Å². The fraction of sp³-hybridized carbons (Fsp3) is 0.125. The minimum Gasteiger partial charge on any atom is -0.790 e. The molecule has 5 rings (SSSR count). The van der Waals surface area contributed by atoms with Crippen LogP contribution in [0.4, 0.5) is 13.2 Å². The summed E-state index contributed by atoms with van der Waals surface area (Å²) in [5, 5.41) is -0.290. The van der Waals surface area contributed by atoms with Crippen LogP contribution in [0.5, 0.6) is 0 Å². The summed E-state index contributed by atoms with van der Waals surface area (Å²) in [6.07, 6.45) is -2.14. The fourth-order valence-corrected chi connectivity index (χ4v) is 4.22. The second-order valence-corrected chi connectivity index (χ2v) is 9.53. The average Bonchev–Trinajstić information content (AvgIpc) is 2.88. The summed E-state index contributed by atoms with van der Waals surface area (Å²) in [4.78, 5) is 61.8. The molecule has 0 N–H and O–H groups in total. The summed E-state index contributed by atoms with van der Waals surface area (Å²) in [6.45, 7) is 0.494. The van der Waals surface area contributed by atoms with Crippen molar-refractivity contribution in [2.75, 3.05) is 0 Å². The number of phosphoric acid groups is 1. The number of alkyl halides is 3. The molecule has 0 unspecified atom stereocenters. The second-order valence-electron chi connectivity index (χ2n) is 8.38. The first-order valence-corrected chi connectivity index (χ1v) is 12.5. The standard InChI is InChI=1S/C24H17F3N5O6P.2Na/c1-13-5-6-14(10-28-13)18-7-8-19-20(30-18)21-17(11-29-19)22(33)31(12-38-39(35,36)37)23(34)32(21)16-4-2-3-15(9-16)24(25,26)27;;/h2-11H,12H2,1H3,(H2,35,36,37);;/q;2*+1/p-2. The van der Waals surface area contributed by atoms with Crippen LogP contribution in [-0.2, 0) is 22.0 Å². The summed E-state index contributed by atoms with van der Waals surface area (Å²) in [7, 11) is -5.62. The van der Waals surface area contributed by atoms with Crippen LogP contribution in [0, 0.1) is 6.92 Å². The number of phosphoric ester groups is 1. The average molecular weight is 603 g/mol. The summed E-state index contributed by atoms with van der Waals surface area (Å²) >= 11 is 0. The van der Waals surface area contributed by atoms with E-state index in [1.807, 2.05) is 0 Å². The van der Waals surface area contributed by atoms with Crippen LogP contribution in [0.1, 0.15) is 11.3 Å². The Morgan fingerprint density at radius 3 is 2.37 bits per heavy atom. The molecule has 0 saturated carbocycles. The van der Waals surface area contributed by atoms with Crippen molar-refractivity contribution in [3.8, 4) is 16.9 Å². The molecule has 17 heteroatoms. The van der Waals surface area contributed by atoms with E-state index in [9.17, 15) is 37.1 Å². The largest absolute Gasteiger partial charge is 1.00 e. The predicted molar refractivity (Wildman–Crippen MR) is 129 cm³/mol. The van der Waals surface area contributed by atoms with Crippen molar-refractivity contribution in [3.63, 3.8) is 0 Å². The molecule has 200 valence electrons. The van der Waals surface area contributed by atoms with Gasteiger partial charge in [0.05, 0.1) is 41.2 Å². The smallest absolute Gasteiger partial charge is 0.790 e. The van der Waals surface area contributed by atoms with Crippen LogP contribution >= 0.6 is 7.82 Å². The topological polar surface area (TPSA) is 155 Å². The molecule has 4 heterocycles. The molecule has 0 saturated heterocycles. The number of fused-ring (bicyclic) bond motifs is 3. The number of halogens is 3. The normalized spacial score (nSPS) is 11.8. The molecule has 0 amide bonds. The van der Waals surface area contributed by atoms with Crippen molar-refractivity contribution in [2.45, 2.75) is 19.8 Å². The molecule has 1 aromatic carbocycles. The van der Waals surface area contributed by atoms with Gasteiger partial charge in [0.25, 0.3) is 5.56 Å². The molecular formula is C24H15F3N5Na2O6P. The van der Waals surface area contributed by atoms with Gasteiger partial charge in [-0.25, -0.2) is 14.3 Å². The van der Waals surface area contributed by atoms with Crippen LogP contribution < -0.4 is 80.2 Å². The zero-order valence-electron chi connectivity index (χ0n) is 21.7. The first-order chi connectivity index (χ1) is 18.3. The van der Waals surface area contributed by atoms with E-state index in [2.05, 4.69) is 19.5 Å². The van der Waals surface area contributed by atoms with Crippen molar-refractivity contribution < 1.29 is 91.2 Å². The molecule has 0 fully saturated rings. The Balaban J connectivity index is 0.00000231. The van der Waals surface area contributed by atoms with Crippen molar-refractivity contribution in [1.82, 2.24) is 24.1 Å². The van der Waals surface area contributed by atoms with Crippen LogP contribution in [0.2, 0.25) is 0 Å². The molecule has 0 spiro atoms. The van der Waals surface area contributed by atoms with Gasteiger partial charge < -0.3 is 18.9 Å². The Kier molecular flexibility index (Phi) is 10.2. The van der Waals surface area contributed by atoms with Crippen molar-refractivity contribution in [1.29, 1.82) is 0 Å². The minimum absolute atomic E-state index is 0. The van der Waals surface area contributed by atoms with E-state index in [0.717, 1.165) is 28.6 Å². The van der Waals surface area contributed by atoms with E-state index >= 15 is 0 Å². The van der Waals surface area contributed by atoms with Gasteiger partial charge in [0, 0.05) is 23.7 Å². The first kappa shape index (κ1) is 33.3. The third-order valence-corrected chi connectivity index (χ3v) is 6.22. The molecule has 0 atom stereocenters. The Morgan fingerprint density at radius 2 is 1.73 bits per heavy atom. The summed E-state index contributed by atoms with van der Waals surface area (Å²) in [6, 6.07) is 10.4. The van der Waals surface area contributed by atoms with Crippen LogP contribution in [0.25, 0.3) is 38.9 Å². The number of hydrogen-bond donors (Lipinski definition) is 0. The van der Waals surface area contributed by atoms with Crippen LogP contribution in [-0.4, -0.2) is 24.1 Å². The maximum absolute atomic E-state index is 13.5. The minimum atomic E-state index is -5.62. The molecule has 0 radical (unpaired) electrons. The maximum Gasteiger partial charge on any atom is 1.00 e. The number of nitrogens with zero attached hydrogens (tertiary/aromatic N) is 5. The van der Waals surface area contributed by atoms with Gasteiger partial charge in [-0.15, -0.1) is 0 Å². The zero-order valence-corrected chi connectivity index (χ0v) is 26.6. The third kappa shape index (κ3) is 6.89. The van der Waals surface area contributed by atoms with E-state index in [1.165, 1.54) is 6.07 Å². The maximum atomic E-state index is 13.5. The molecule has 0 bridgehead atoms. The third-order valence-electron chi connectivity index (χ3n) is 5.79. The van der Waals surface area contributed by atoms with E-state index in [4.69, 9.17) is 0 Å². The number of aryl methyl sites for hydroxylation is 1. The number of aromatic nitrogens is 5. The molecule has 0 aliphatic rings. The molecule has 11 nitrogen and oxygen atoms in total. The summed E-state index contributed by atoms with van der Waals surface area (Å²) in [5.74, 6) is 0. The van der Waals surface area contributed by atoms with E-state index in [-0.39, 0.29) is 91.3 Å². The predicted octanol–water partition coefficient (Wildman–Crippen LogP) is -3.70. The van der Waals surface area contributed by atoms with Gasteiger partial charge in [-0.05, 0) is 49.4 Å². The zero-order chi connectivity index (χ0) is 28.1. The van der Waals surface area contributed by atoms with Gasteiger partial charge in [0.1, 0.15) is 12.2 Å². The van der Waals surface area contributed by atoms with Gasteiger partial charge in [-0.2, -0.15) is 13.2 Å². The molecule has 5 aromatic rings.